The molecule has 36 heavy (non-hydrogen) atoms. The van der Waals surface area contributed by atoms with Crippen LogP contribution in [-0.2, 0) is 41.4 Å². The lowest BCUT2D eigenvalue weighted by atomic mass is 10.1. The number of amides is 2. The number of esters is 2. The maximum absolute atomic E-state index is 12.1. The summed E-state index contributed by atoms with van der Waals surface area (Å²) in [7, 11) is 2.47. The number of ether oxygens (including phenoxy) is 4. The van der Waals surface area contributed by atoms with Gasteiger partial charge in [0, 0.05) is 12.2 Å². The number of rotatable bonds is 12. The Hall–Kier alpha value is -4.34. The lowest BCUT2D eigenvalue weighted by Crippen LogP contribution is -2.40. The molecule has 2 rings (SSSR count). The number of hydrogen-bond donors (Lipinski definition) is 2. The SMILES string of the molecule is COC(=O)N[C@H](COC(=O)/C=C/C(=O)OC[C@H](Cc1ccccc1)NC(=O)OC)Cc1ccccc1. The minimum atomic E-state index is -0.787. The first-order valence-corrected chi connectivity index (χ1v) is 11.2. The highest BCUT2D eigenvalue weighted by molar-refractivity contribution is 5.91. The van der Waals surface area contributed by atoms with Crippen molar-refractivity contribution in [2.45, 2.75) is 24.9 Å². The van der Waals surface area contributed by atoms with Crippen molar-refractivity contribution in [3.05, 3.63) is 83.9 Å². The molecule has 0 radical (unpaired) electrons. The molecule has 192 valence electrons. The molecule has 0 aliphatic carbocycles. The van der Waals surface area contributed by atoms with Gasteiger partial charge in [-0.3, -0.25) is 0 Å². The monoisotopic (exact) mass is 498 g/mol. The van der Waals surface area contributed by atoms with Gasteiger partial charge in [-0.25, -0.2) is 19.2 Å². The average molecular weight is 499 g/mol. The molecule has 2 amide bonds. The molecule has 0 aliphatic heterocycles. The first-order valence-electron chi connectivity index (χ1n) is 11.2. The highest BCUT2D eigenvalue weighted by Gasteiger charge is 2.17. The fourth-order valence-corrected chi connectivity index (χ4v) is 3.15. The summed E-state index contributed by atoms with van der Waals surface area (Å²) in [5, 5.41) is 5.22. The first kappa shape index (κ1) is 27.9. The van der Waals surface area contributed by atoms with Crippen LogP contribution in [0.5, 0.6) is 0 Å². The second-order valence-corrected chi connectivity index (χ2v) is 7.64. The van der Waals surface area contributed by atoms with E-state index in [1.807, 2.05) is 60.7 Å². The number of alkyl carbamates (subject to hydrolysis) is 2. The standard InChI is InChI=1S/C26H30N2O8/c1-33-25(31)27-21(15-19-9-5-3-6-10-19)17-35-23(29)13-14-24(30)36-18-22(28-26(32)34-2)16-20-11-7-4-8-12-20/h3-14,21-22H,15-18H2,1-2H3,(H,27,31)(H,28,32)/b14-13+/t21-,22-/m0/s1. The van der Waals surface area contributed by atoms with Gasteiger partial charge in [0.2, 0.25) is 0 Å². The summed E-state index contributed by atoms with van der Waals surface area (Å²) in [6.45, 7) is -0.269. The van der Waals surface area contributed by atoms with Crippen LogP contribution in [0, 0.1) is 0 Å². The van der Waals surface area contributed by atoms with Crippen molar-refractivity contribution >= 4 is 24.1 Å². The normalized spacial score (nSPS) is 12.2. The van der Waals surface area contributed by atoms with Crippen molar-refractivity contribution in [1.29, 1.82) is 0 Å². The molecule has 0 aromatic heterocycles. The van der Waals surface area contributed by atoms with Crippen LogP contribution in [0.15, 0.2) is 72.8 Å². The molecule has 0 fully saturated rings. The van der Waals surface area contributed by atoms with Crippen LogP contribution in [0.2, 0.25) is 0 Å². The first-order chi connectivity index (χ1) is 17.4. The molecular formula is C26H30N2O8. The van der Waals surface area contributed by atoms with Crippen molar-refractivity contribution in [3.8, 4) is 0 Å². The van der Waals surface area contributed by atoms with Gasteiger partial charge in [-0.05, 0) is 24.0 Å². The summed E-state index contributed by atoms with van der Waals surface area (Å²) in [5.41, 5.74) is 1.86. The Labute approximate surface area is 209 Å². The zero-order valence-corrected chi connectivity index (χ0v) is 20.2. The lowest BCUT2D eigenvalue weighted by Gasteiger charge is -2.18. The second kappa shape index (κ2) is 15.5. The van der Waals surface area contributed by atoms with E-state index in [1.165, 1.54) is 14.2 Å². The maximum Gasteiger partial charge on any atom is 0.407 e. The quantitative estimate of drug-likeness (QED) is 0.260. The van der Waals surface area contributed by atoms with Crippen molar-refractivity contribution < 1.29 is 38.1 Å². The van der Waals surface area contributed by atoms with Gasteiger partial charge < -0.3 is 29.6 Å². The largest absolute Gasteiger partial charge is 0.460 e. The third-order valence-electron chi connectivity index (χ3n) is 4.87. The third-order valence-corrected chi connectivity index (χ3v) is 4.87. The predicted octanol–water partition coefficient (Wildman–Crippen LogP) is 2.56. The highest BCUT2D eigenvalue weighted by Crippen LogP contribution is 2.06. The van der Waals surface area contributed by atoms with Gasteiger partial charge in [0.25, 0.3) is 0 Å². The Kier molecular flexibility index (Phi) is 12.0. The van der Waals surface area contributed by atoms with E-state index in [2.05, 4.69) is 20.1 Å². The van der Waals surface area contributed by atoms with Crippen LogP contribution in [0.3, 0.4) is 0 Å². The highest BCUT2D eigenvalue weighted by atomic mass is 16.6. The molecule has 0 heterocycles. The van der Waals surface area contributed by atoms with E-state index < -0.39 is 36.2 Å². The molecule has 0 aliphatic rings. The summed E-state index contributed by atoms with van der Waals surface area (Å²) >= 11 is 0. The van der Waals surface area contributed by atoms with Gasteiger partial charge >= 0.3 is 24.1 Å². The Balaban J connectivity index is 1.85. The topological polar surface area (TPSA) is 129 Å². The Morgan fingerprint density at radius 3 is 1.36 bits per heavy atom. The van der Waals surface area contributed by atoms with E-state index in [4.69, 9.17) is 9.47 Å². The molecule has 2 aromatic carbocycles. The van der Waals surface area contributed by atoms with Crippen molar-refractivity contribution in [1.82, 2.24) is 10.6 Å². The van der Waals surface area contributed by atoms with E-state index in [-0.39, 0.29) is 13.2 Å². The molecule has 0 spiro atoms. The molecule has 10 heteroatoms. The van der Waals surface area contributed by atoms with E-state index in [0.29, 0.717) is 12.8 Å². The fourth-order valence-electron chi connectivity index (χ4n) is 3.15. The maximum atomic E-state index is 12.1. The Morgan fingerprint density at radius 1 is 0.667 bits per heavy atom. The van der Waals surface area contributed by atoms with Gasteiger partial charge in [0.05, 0.1) is 26.3 Å². The summed E-state index contributed by atoms with van der Waals surface area (Å²) < 4.78 is 19.6. The zero-order valence-electron chi connectivity index (χ0n) is 20.2. The van der Waals surface area contributed by atoms with E-state index in [0.717, 1.165) is 23.3 Å². The van der Waals surface area contributed by atoms with Crippen LogP contribution in [0.4, 0.5) is 9.59 Å². The number of benzene rings is 2. The Bertz CT molecular complexity index is 930. The average Bonchev–Trinajstić information content (AvgIpc) is 2.90. The third kappa shape index (κ3) is 11.2. The van der Waals surface area contributed by atoms with Crippen molar-refractivity contribution in [2.75, 3.05) is 27.4 Å². The number of hydrogen-bond acceptors (Lipinski definition) is 8. The van der Waals surface area contributed by atoms with Crippen LogP contribution in [0.25, 0.3) is 0 Å². The smallest absolute Gasteiger partial charge is 0.407 e. The second-order valence-electron chi connectivity index (χ2n) is 7.64. The zero-order chi connectivity index (χ0) is 26.2. The van der Waals surface area contributed by atoms with Gasteiger partial charge in [-0.15, -0.1) is 0 Å². The van der Waals surface area contributed by atoms with Gasteiger partial charge in [0.1, 0.15) is 13.2 Å². The van der Waals surface area contributed by atoms with E-state index in [9.17, 15) is 19.2 Å². The lowest BCUT2D eigenvalue weighted by molar-refractivity contribution is -0.141. The minimum absolute atomic E-state index is 0.135. The van der Waals surface area contributed by atoms with Crippen molar-refractivity contribution in [3.63, 3.8) is 0 Å². The van der Waals surface area contributed by atoms with E-state index >= 15 is 0 Å². The number of carbonyl (C=O) groups excluding carboxylic acids is 4. The summed E-state index contributed by atoms with van der Waals surface area (Å²) in [6, 6.07) is 17.6. The molecule has 2 N–H and O–H groups in total. The van der Waals surface area contributed by atoms with Crippen molar-refractivity contribution in [2.24, 2.45) is 0 Å². The Morgan fingerprint density at radius 2 is 1.03 bits per heavy atom. The number of carbonyl (C=O) groups is 4. The summed E-state index contributed by atoms with van der Waals surface area (Å²) in [6.07, 6.45) is 1.36. The molecule has 2 aromatic rings. The fraction of sp³-hybridized carbons (Fsp3) is 0.308. The predicted molar refractivity (Wildman–Crippen MR) is 130 cm³/mol. The van der Waals surface area contributed by atoms with Crippen LogP contribution in [-0.4, -0.2) is 63.6 Å². The number of methoxy groups -OCH3 is 2. The molecule has 10 nitrogen and oxygen atoms in total. The molecule has 0 saturated carbocycles. The van der Waals surface area contributed by atoms with Crippen LogP contribution < -0.4 is 10.6 Å². The van der Waals surface area contributed by atoms with Crippen LogP contribution in [0.1, 0.15) is 11.1 Å². The molecular weight excluding hydrogens is 468 g/mol. The van der Waals surface area contributed by atoms with Gasteiger partial charge in [0.15, 0.2) is 0 Å². The summed E-state index contributed by atoms with van der Waals surface area (Å²) in [5.74, 6) is -1.57. The number of nitrogens with one attached hydrogen (secondary N) is 2. The molecule has 0 saturated heterocycles. The molecule has 2 atom stereocenters. The molecule has 0 bridgehead atoms. The molecule has 0 unspecified atom stereocenters. The van der Waals surface area contributed by atoms with E-state index in [1.54, 1.807) is 0 Å². The minimum Gasteiger partial charge on any atom is -0.460 e. The van der Waals surface area contributed by atoms with Crippen LogP contribution >= 0.6 is 0 Å². The summed E-state index contributed by atoms with van der Waals surface area (Å²) in [4.78, 5) is 47.4. The van der Waals surface area contributed by atoms with Gasteiger partial charge in [-0.2, -0.15) is 0 Å². The van der Waals surface area contributed by atoms with Gasteiger partial charge in [-0.1, -0.05) is 60.7 Å².